The van der Waals surface area contributed by atoms with Gasteiger partial charge in [-0.1, -0.05) is 43.5 Å². The van der Waals surface area contributed by atoms with Crippen LogP contribution < -0.4 is 10.1 Å². The fourth-order valence-electron chi connectivity index (χ4n) is 1.93. The van der Waals surface area contributed by atoms with Crippen LogP contribution in [0, 0.1) is 0 Å². The minimum atomic E-state index is 0.565. The van der Waals surface area contributed by atoms with E-state index in [0.717, 1.165) is 30.0 Å². The Morgan fingerprint density at radius 3 is 2.47 bits per heavy atom. The zero-order chi connectivity index (χ0) is 14.3. The van der Waals surface area contributed by atoms with Crippen molar-refractivity contribution in [1.29, 1.82) is 0 Å². The summed E-state index contributed by atoms with van der Waals surface area (Å²) in [7, 11) is 1.60. The van der Waals surface area contributed by atoms with Crippen LogP contribution in [0.1, 0.15) is 38.7 Å². The molecule has 0 amide bonds. The first-order chi connectivity index (χ1) is 9.04. The van der Waals surface area contributed by atoms with E-state index in [-0.39, 0.29) is 0 Å². The molecule has 0 aromatic heterocycles. The van der Waals surface area contributed by atoms with Crippen molar-refractivity contribution in [1.82, 2.24) is 5.32 Å². The third kappa shape index (κ3) is 6.03. The largest absolute Gasteiger partial charge is 0.495 e. The summed E-state index contributed by atoms with van der Waals surface area (Å²) in [6.07, 6.45) is 4.48. The minimum absolute atomic E-state index is 0.565. The molecular weight excluding hydrogens is 281 g/mol. The van der Waals surface area contributed by atoms with E-state index in [4.69, 9.17) is 27.9 Å². The maximum absolute atomic E-state index is 6.21. The van der Waals surface area contributed by atoms with E-state index in [9.17, 15) is 0 Å². The van der Waals surface area contributed by atoms with Crippen molar-refractivity contribution in [3.63, 3.8) is 0 Å². The predicted octanol–water partition coefficient (Wildman–Crippen LogP) is 4.71. The summed E-state index contributed by atoms with van der Waals surface area (Å²) in [5.41, 5.74) is 1.10. The van der Waals surface area contributed by atoms with Gasteiger partial charge >= 0.3 is 0 Å². The summed E-state index contributed by atoms with van der Waals surface area (Å²) in [4.78, 5) is 0. The molecule has 1 aromatic carbocycles. The van der Waals surface area contributed by atoms with Crippen LogP contribution in [0.5, 0.6) is 5.75 Å². The van der Waals surface area contributed by atoms with Crippen molar-refractivity contribution in [2.45, 2.75) is 45.6 Å². The lowest BCUT2D eigenvalue weighted by molar-refractivity contribution is 0.415. The van der Waals surface area contributed by atoms with E-state index in [2.05, 4.69) is 19.2 Å². The average molecular weight is 304 g/mol. The lowest BCUT2D eigenvalue weighted by atomic mass is 10.1. The molecule has 1 N–H and O–H groups in total. The smallest absolute Gasteiger partial charge is 0.138 e. The molecule has 0 radical (unpaired) electrons. The van der Waals surface area contributed by atoms with Crippen LogP contribution in [0.3, 0.4) is 0 Å². The third-order valence-electron chi connectivity index (χ3n) is 3.00. The SMILES string of the molecule is COc1cc(Cl)c(CCCCCNC(C)C)cc1Cl. The molecule has 0 atom stereocenters. The summed E-state index contributed by atoms with van der Waals surface area (Å²) in [6, 6.07) is 4.27. The van der Waals surface area contributed by atoms with Crippen LogP contribution in [-0.2, 0) is 6.42 Å². The zero-order valence-corrected chi connectivity index (χ0v) is 13.4. The highest BCUT2D eigenvalue weighted by atomic mass is 35.5. The number of methoxy groups -OCH3 is 1. The Morgan fingerprint density at radius 1 is 1.11 bits per heavy atom. The zero-order valence-electron chi connectivity index (χ0n) is 11.9. The average Bonchev–Trinajstić information content (AvgIpc) is 2.36. The highest BCUT2D eigenvalue weighted by Gasteiger charge is 2.07. The fourth-order valence-corrected chi connectivity index (χ4v) is 2.44. The molecule has 1 rings (SSSR count). The van der Waals surface area contributed by atoms with E-state index in [1.807, 2.05) is 6.07 Å². The molecular formula is C15H23Cl2NO. The Hall–Kier alpha value is -0.440. The van der Waals surface area contributed by atoms with Gasteiger partial charge in [0, 0.05) is 17.1 Å². The van der Waals surface area contributed by atoms with E-state index < -0.39 is 0 Å². The lowest BCUT2D eigenvalue weighted by Gasteiger charge is -2.10. The van der Waals surface area contributed by atoms with Gasteiger partial charge in [0.1, 0.15) is 5.75 Å². The Balaban J connectivity index is 2.35. The summed E-state index contributed by atoms with van der Waals surface area (Å²) < 4.78 is 5.14. The van der Waals surface area contributed by atoms with Crippen LogP contribution in [0.15, 0.2) is 12.1 Å². The number of aryl methyl sites for hydroxylation is 1. The number of ether oxygens (including phenoxy) is 1. The molecule has 0 aliphatic heterocycles. The molecule has 0 saturated carbocycles. The van der Waals surface area contributed by atoms with E-state index in [0.29, 0.717) is 16.8 Å². The Kier molecular flexibility index (Phi) is 7.59. The van der Waals surface area contributed by atoms with Gasteiger partial charge in [0.15, 0.2) is 0 Å². The summed E-state index contributed by atoms with van der Waals surface area (Å²) in [5, 5.41) is 4.78. The van der Waals surface area contributed by atoms with Gasteiger partial charge in [-0.25, -0.2) is 0 Å². The van der Waals surface area contributed by atoms with Crippen molar-refractivity contribution in [3.8, 4) is 5.75 Å². The molecule has 0 aliphatic carbocycles. The van der Waals surface area contributed by atoms with Gasteiger partial charge in [-0.3, -0.25) is 0 Å². The topological polar surface area (TPSA) is 21.3 Å². The van der Waals surface area contributed by atoms with Crippen LogP contribution >= 0.6 is 23.2 Å². The molecule has 0 fully saturated rings. The number of hydrogen-bond donors (Lipinski definition) is 1. The highest BCUT2D eigenvalue weighted by molar-refractivity contribution is 6.34. The van der Waals surface area contributed by atoms with Gasteiger partial charge in [-0.2, -0.15) is 0 Å². The second kappa shape index (κ2) is 8.68. The first-order valence-electron chi connectivity index (χ1n) is 6.80. The van der Waals surface area contributed by atoms with E-state index >= 15 is 0 Å². The maximum Gasteiger partial charge on any atom is 0.138 e. The first kappa shape index (κ1) is 16.6. The van der Waals surface area contributed by atoms with Gasteiger partial charge in [0.2, 0.25) is 0 Å². The number of hydrogen-bond acceptors (Lipinski definition) is 2. The number of benzene rings is 1. The maximum atomic E-state index is 6.21. The Bertz CT molecular complexity index is 394. The van der Waals surface area contributed by atoms with Crippen LogP contribution in [0.25, 0.3) is 0 Å². The van der Waals surface area contributed by atoms with Crippen molar-refractivity contribution in [3.05, 3.63) is 27.7 Å². The second-order valence-electron chi connectivity index (χ2n) is 5.00. The predicted molar refractivity (Wildman–Crippen MR) is 83.7 cm³/mol. The van der Waals surface area contributed by atoms with Gasteiger partial charge in [-0.15, -0.1) is 0 Å². The molecule has 0 unspecified atom stereocenters. The fraction of sp³-hybridized carbons (Fsp3) is 0.600. The second-order valence-corrected chi connectivity index (χ2v) is 5.81. The molecule has 0 saturated heterocycles. The summed E-state index contributed by atoms with van der Waals surface area (Å²) in [5.74, 6) is 0.636. The molecule has 4 heteroatoms. The van der Waals surface area contributed by atoms with Gasteiger partial charge in [-0.05, 0) is 37.4 Å². The standard InChI is InChI=1S/C15H23Cl2NO/c1-11(2)18-8-6-4-5-7-12-9-14(17)15(19-3)10-13(12)16/h9-11,18H,4-8H2,1-3H3. The van der Waals surface area contributed by atoms with Crippen LogP contribution in [0.4, 0.5) is 0 Å². The summed E-state index contributed by atoms with van der Waals surface area (Å²) in [6.45, 7) is 5.41. The molecule has 0 heterocycles. The van der Waals surface area contributed by atoms with Crippen LogP contribution in [0.2, 0.25) is 10.0 Å². The highest BCUT2D eigenvalue weighted by Crippen LogP contribution is 2.31. The quantitative estimate of drug-likeness (QED) is 0.702. The normalized spacial score (nSPS) is 11.1. The molecule has 1 aromatic rings. The number of rotatable bonds is 8. The number of nitrogens with one attached hydrogen (secondary N) is 1. The number of unbranched alkanes of at least 4 members (excludes halogenated alkanes) is 2. The molecule has 19 heavy (non-hydrogen) atoms. The van der Waals surface area contributed by atoms with Crippen LogP contribution in [-0.4, -0.2) is 19.7 Å². The number of halogens is 2. The first-order valence-corrected chi connectivity index (χ1v) is 7.55. The van der Waals surface area contributed by atoms with Crippen molar-refractivity contribution in [2.75, 3.05) is 13.7 Å². The van der Waals surface area contributed by atoms with Crippen molar-refractivity contribution in [2.24, 2.45) is 0 Å². The molecule has 108 valence electrons. The Morgan fingerprint density at radius 2 is 1.84 bits per heavy atom. The van der Waals surface area contributed by atoms with E-state index in [1.165, 1.54) is 12.8 Å². The van der Waals surface area contributed by atoms with Crippen molar-refractivity contribution >= 4 is 23.2 Å². The van der Waals surface area contributed by atoms with Gasteiger partial charge < -0.3 is 10.1 Å². The molecule has 0 spiro atoms. The molecule has 2 nitrogen and oxygen atoms in total. The third-order valence-corrected chi connectivity index (χ3v) is 3.64. The lowest BCUT2D eigenvalue weighted by Crippen LogP contribution is -2.23. The minimum Gasteiger partial charge on any atom is -0.495 e. The molecule has 0 bridgehead atoms. The monoisotopic (exact) mass is 303 g/mol. The van der Waals surface area contributed by atoms with Crippen molar-refractivity contribution < 1.29 is 4.74 Å². The van der Waals surface area contributed by atoms with E-state index in [1.54, 1.807) is 13.2 Å². The van der Waals surface area contributed by atoms with Gasteiger partial charge in [0.05, 0.1) is 12.1 Å². The molecule has 0 aliphatic rings. The summed E-state index contributed by atoms with van der Waals surface area (Å²) >= 11 is 12.3. The Labute approximate surface area is 126 Å². The van der Waals surface area contributed by atoms with Gasteiger partial charge in [0.25, 0.3) is 0 Å².